The Labute approximate surface area is 96.4 Å². The van der Waals surface area contributed by atoms with E-state index in [0.29, 0.717) is 5.75 Å². The van der Waals surface area contributed by atoms with E-state index in [0.717, 1.165) is 22.3 Å². The molecule has 1 nitrogen and oxygen atoms in total. The van der Waals surface area contributed by atoms with Gasteiger partial charge in [0.05, 0.1) is 0 Å². The van der Waals surface area contributed by atoms with E-state index in [2.05, 4.69) is 6.92 Å². The maximum absolute atomic E-state index is 10.2. The van der Waals surface area contributed by atoms with E-state index in [1.165, 1.54) is 5.56 Å². The molecule has 0 aliphatic rings. The highest BCUT2D eigenvalue weighted by atomic mass is 16.3. The van der Waals surface area contributed by atoms with Crippen LogP contribution in [-0.4, -0.2) is 5.11 Å². The monoisotopic (exact) mass is 212 g/mol. The molecule has 0 atom stereocenters. The molecule has 0 saturated carbocycles. The minimum absolute atomic E-state index is 0.398. The fourth-order valence-electron chi connectivity index (χ4n) is 1.91. The third kappa shape index (κ3) is 1.69. The van der Waals surface area contributed by atoms with E-state index in [9.17, 15) is 5.11 Å². The summed E-state index contributed by atoms with van der Waals surface area (Å²) in [5.74, 6) is 0.398. The molecule has 0 aliphatic heterocycles. The molecule has 0 bridgehead atoms. The lowest BCUT2D eigenvalue weighted by Gasteiger charge is -2.12. The van der Waals surface area contributed by atoms with Gasteiger partial charge in [-0.05, 0) is 49.1 Å². The molecule has 0 saturated heterocycles. The first-order valence-corrected chi connectivity index (χ1v) is 5.46. The predicted octanol–water partition coefficient (Wildman–Crippen LogP) is 3.98. The summed E-state index contributed by atoms with van der Waals surface area (Å²) in [5.41, 5.74) is 5.33. The van der Waals surface area contributed by atoms with E-state index < -0.39 is 0 Å². The summed E-state index contributed by atoms with van der Waals surface area (Å²) in [6, 6.07) is 12.0. The van der Waals surface area contributed by atoms with Gasteiger partial charge in [0, 0.05) is 5.56 Å². The van der Waals surface area contributed by atoms with Gasteiger partial charge in [-0.3, -0.25) is 0 Å². The van der Waals surface area contributed by atoms with Crippen LogP contribution in [0.15, 0.2) is 36.4 Å². The Morgan fingerprint density at radius 3 is 2.12 bits per heavy atom. The molecule has 0 heterocycles. The summed E-state index contributed by atoms with van der Waals surface area (Å²) in [6.45, 7) is 6.08. The average Bonchev–Trinajstić information content (AvgIpc) is 2.32. The smallest absolute Gasteiger partial charge is 0.126 e. The fourth-order valence-corrected chi connectivity index (χ4v) is 1.91. The molecular formula is C15H16O. The van der Waals surface area contributed by atoms with Gasteiger partial charge >= 0.3 is 0 Å². The molecule has 2 aromatic rings. The molecule has 0 spiro atoms. The Kier molecular flexibility index (Phi) is 2.69. The number of phenols is 1. The SMILES string of the molecule is Cc1cc(-c2ccccc2)c(O)c(C)c1C. The van der Waals surface area contributed by atoms with Crippen molar-refractivity contribution in [2.75, 3.05) is 0 Å². The lowest BCUT2D eigenvalue weighted by Crippen LogP contribution is -1.90. The van der Waals surface area contributed by atoms with Crippen LogP contribution in [-0.2, 0) is 0 Å². The second-order valence-corrected chi connectivity index (χ2v) is 4.21. The maximum atomic E-state index is 10.2. The van der Waals surface area contributed by atoms with Crippen molar-refractivity contribution in [3.63, 3.8) is 0 Å². The van der Waals surface area contributed by atoms with Gasteiger partial charge in [-0.25, -0.2) is 0 Å². The Hall–Kier alpha value is -1.76. The second-order valence-electron chi connectivity index (χ2n) is 4.21. The molecule has 1 N–H and O–H groups in total. The van der Waals surface area contributed by atoms with Crippen LogP contribution < -0.4 is 0 Å². The number of aryl methyl sites for hydroxylation is 1. The van der Waals surface area contributed by atoms with Gasteiger partial charge in [0.15, 0.2) is 0 Å². The normalized spacial score (nSPS) is 10.4. The minimum Gasteiger partial charge on any atom is -0.507 e. The molecule has 0 amide bonds. The molecule has 1 heteroatoms. The van der Waals surface area contributed by atoms with Crippen LogP contribution >= 0.6 is 0 Å². The standard InChI is InChI=1S/C15H16O/c1-10-9-14(13-7-5-4-6-8-13)15(16)12(3)11(10)2/h4-9,16H,1-3H3. The predicted molar refractivity (Wildman–Crippen MR) is 67.8 cm³/mol. The fraction of sp³-hybridized carbons (Fsp3) is 0.200. The Morgan fingerprint density at radius 2 is 1.50 bits per heavy atom. The van der Waals surface area contributed by atoms with Crippen molar-refractivity contribution in [2.24, 2.45) is 0 Å². The van der Waals surface area contributed by atoms with Gasteiger partial charge in [0.1, 0.15) is 5.75 Å². The van der Waals surface area contributed by atoms with Gasteiger partial charge in [-0.1, -0.05) is 30.3 Å². The number of aromatic hydroxyl groups is 1. The van der Waals surface area contributed by atoms with Crippen molar-refractivity contribution < 1.29 is 5.11 Å². The Bertz CT molecular complexity index is 513. The summed E-state index contributed by atoms with van der Waals surface area (Å²) in [4.78, 5) is 0. The number of rotatable bonds is 1. The Balaban J connectivity index is 2.68. The van der Waals surface area contributed by atoms with Crippen molar-refractivity contribution in [3.05, 3.63) is 53.1 Å². The van der Waals surface area contributed by atoms with Gasteiger partial charge in [0.25, 0.3) is 0 Å². The molecule has 2 aromatic carbocycles. The van der Waals surface area contributed by atoms with Gasteiger partial charge in [0.2, 0.25) is 0 Å². The number of hydrogen-bond acceptors (Lipinski definition) is 1. The summed E-state index contributed by atoms with van der Waals surface area (Å²) in [5, 5.41) is 10.2. The minimum atomic E-state index is 0.398. The van der Waals surface area contributed by atoms with Crippen molar-refractivity contribution >= 4 is 0 Å². The van der Waals surface area contributed by atoms with Crippen LogP contribution in [0.5, 0.6) is 5.75 Å². The summed E-state index contributed by atoms with van der Waals surface area (Å²) in [7, 11) is 0. The molecule has 2 rings (SSSR count). The molecule has 0 fully saturated rings. The van der Waals surface area contributed by atoms with Crippen LogP contribution in [0.3, 0.4) is 0 Å². The zero-order chi connectivity index (χ0) is 11.7. The molecule has 0 unspecified atom stereocenters. The second kappa shape index (κ2) is 4.01. The van der Waals surface area contributed by atoms with E-state index in [1.807, 2.05) is 50.2 Å². The summed E-state index contributed by atoms with van der Waals surface area (Å²) >= 11 is 0. The van der Waals surface area contributed by atoms with Crippen LogP contribution in [0.1, 0.15) is 16.7 Å². The number of phenolic OH excluding ortho intramolecular Hbond substituents is 1. The molecular weight excluding hydrogens is 196 g/mol. The quantitative estimate of drug-likeness (QED) is 0.758. The van der Waals surface area contributed by atoms with Crippen molar-refractivity contribution in [1.82, 2.24) is 0 Å². The average molecular weight is 212 g/mol. The van der Waals surface area contributed by atoms with Crippen molar-refractivity contribution in [2.45, 2.75) is 20.8 Å². The zero-order valence-corrected chi connectivity index (χ0v) is 9.91. The lowest BCUT2D eigenvalue weighted by molar-refractivity contribution is 0.472. The molecule has 82 valence electrons. The molecule has 0 aliphatic carbocycles. The third-order valence-electron chi connectivity index (χ3n) is 3.21. The van der Waals surface area contributed by atoms with Crippen molar-refractivity contribution in [1.29, 1.82) is 0 Å². The largest absolute Gasteiger partial charge is 0.507 e. The highest BCUT2D eigenvalue weighted by Gasteiger charge is 2.10. The topological polar surface area (TPSA) is 20.2 Å². The van der Waals surface area contributed by atoms with Crippen molar-refractivity contribution in [3.8, 4) is 16.9 Å². The highest BCUT2D eigenvalue weighted by Crippen LogP contribution is 2.35. The van der Waals surface area contributed by atoms with Crippen LogP contribution in [0.4, 0.5) is 0 Å². The van der Waals surface area contributed by atoms with Gasteiger partial charge in [-0.15, -0.1) is 0 Å². The van der Waals surface area contributed by atoms with E-state index in [-0.39, 0.29) is 0 Å². The van der Waals surface area contributed by atoms with Crippen LogP contribution in [0.2, 0.25) is 0 Å². The first-order valence-electron chi connectivity index (χ1n) is 5.46. The first kappa shape index (κ1) is 10.7. The maximum Gasteiger partial charge on any atom is 0.126 e. The third-order valence-corrected chi connectivity index (χ3v) is 3.21. The zero-order valence-electron chi connectivity index (χ0n) is 9.91. The summed E-state index contributed by atoms with van der Waals surface area (Å²) in [6.07, 6.45) is 0. The van der Waals surface area contributed by atoms with E-state index in [1.54, 1.807) is 0 Å². The molecule has 16 heavy (non-hydrogen) atoms. The molecule has 0 aromatic heterocycles. The summed E-state index contributed by atoms with van der Waals surface area (Å²) < 4.78 is 0. The molecule has 0 radical (unpaired) electrons. The number of benzene rings is 2. The number of hydrogen-bond donors (Lipinski definition) is 1. The van der Waals surface area contributed by atoms with E-state index >= 15 is 0 Å². The van der Waals surface area contributed by atoms with Crippen LogP contribution in [0, 0.1) is 20.8 Å². The van der Waals surface area contributed by atoms with Gasteiger partial charge < -0.3 is 5.11 Å². The Morgan fingerprint density at radius 1 is 0.875 bits per heavy atom. The van der Waals surface area contributed by atoms with E-state index in [4.69, 9.17) is 0 Å². The lowest BCUT2D eigenvalue weighted by atomic mass is 9.95. The van der Waals surface area contributed by atoms with Gasteiger partial charge in [-0.2, -0.15) is 0 Å². The first-order chi connectivity index (χ1) is 7.61. The highest BCUT2D eigenvalue weighted by molar-refractivity contribution is 5.73. The van der Waals surface area contributed by atoms with Crippen LogP contribution in [0.25, 0.3) is 11.1 Å².